The van der Waals surface area contributed by atoms with Gasteiger partial charge < -0.3 is 0 Å². The van der Waals surface area contributed by atoms with Crippen LogP contribution < -0.4 is 4.90 Å². The molecule has 7 heteroatoms. The van der Waals surface area contributed by atoms with Crippen molar-refractivity contribution in [2.24, 2.45) is 0 Å². The number of anilines is 1. The lowest BCUT2D eigenvalue weighted by Gasteiger charge is -2.18. The second-order valence-electron chi connectivity index (χ2n) is 3.41. The van der Waals surface area contributed by atoms with E-state index in [2.05, 4.69) is 4.84 Å². The molecule has 17 heavy (non-hydrogen) atoms. The van der Waals surface area contributed by atoms with Gasteiger partial charge in [0.2, 0.25) is 0 Å². The molecule has 0 aliphatic carbocycles. The van der Waals surface area contributed by atoms with E-state index in [1.807, 2.05) is 0 Å². The van der Waals surface area contributed by atoms with Crippen molar-refractivity contribution in [1.82, 2.24) is 5.06 Å². The molecule has 2 rings (SSSR count). The number of carbonyl (C=O) groups is 1. The van der Waals surface area contributed by atoms with Crippen LogP contribution in [0.5, 0.6) is 0 Å². The zero-order chi connectivity index (χ0) is 12.5. The lowest BCUT2D eigenvalue weighted by Crippen LogP contribution is -2.36. The van der Waals surface area contributed by atoms with Crippen molar-refractivity contribution in [3.8, 4) is 0 Å². The van der Waals surface area contributed by atoms with Crippen molar-refractivity contribution in [3.63, 3.8) is 0 Å². The van der Waals surface area contributed by atoms with Crippen molar-refractivity contribution in [2.45, 2.75) is 6.36 Å². The highest BCUT2D eigenvalue weighted by atomic mass is 19.4. The molecule has 1 aliphatic rings. The monoisotopic (exact) mass is 246 g/mol. The van der Waals surface area contributed by atoms with Gasteiger partial charge >= 0.3 is 12.4 Å². The van der Waals surface area contributed by atoms with E-state index in [4.69, 9.17) is 0 Å². The maximum absolute atomic E-state index is 12.0. The highest BCUT2D eigenvalue weighted by molar-refractivity contribution is 5.93. The highest BCUT2D eigenvalue weighted by Crippen LogP contribution is 2.24. The van der Waals surface area contributed by atoms with E-state index in [1.165, 1.54) is 4.90 Å². The molecular weight excluding hydrogens is 237 g/mol. The number of hydroxylamine groups is 2. The van der Waals surface area contributed by atoms with Crippen LogP contribution in [0.4, 0.5) is 23.7 Å². The lowest BCUT2D eigenvalue weighted by atomic mass is 10.3. The first-order valence-corrected chi connectivity index (χ1v) is 4.87. The van der Waals surface area contributed by atoms with Crippen LogP contribution in [0, 0.1) is 0 Å². The Morgan fingerprint density at radius 3 is 2.35 bits per heavy atom. The van der Waals surface area contributed by atoms with E-state index in [0.717, 1.165) is 0 Å². The topological polar surface area (TPSA) is 32.8 Å². The van der Waals surface area contributed by atoms with E-state index >= 15 is 0 Å². The molecule has 0 N–H and O–H groups in total. The average Bonchev–Trinajstić information content (AvgIpc) is 2.60. The summed E-state index contributed by atoms with van der Waals surface area (Å²) in [6, 6.07) is 7.65. The molecule has 1 fully saturated rings. The summed E-state index contributed by atoms with van der Waals surface area (Å²) in [6.07, 6.45) is -4.84. The van der Waals surface area contributed by atoms with Crippen molar-refractivity contribution in [2.75, 3.05) is 18.0 Å². The standard InChI is InChI=1S/C10H9F3N2O2/c11-10(12,13)17-15-7-6-14(9(15)16)8-4-2-1-3-5-8/h1-5H,6-7H2. The first-order valence-electron chi connectivity index (χ1n) is 4.87. The van der Waals surface area contributed by atoms with Crippen LogP contribution in [0.1, 0.15) is 0 Å². The van der Waals surface area contributed by atoms with Gasteiger partial charge in [0.1, 0.15) is 0 Å². The minimum atomic E-state index is -4.84. The number of hydrogen-bond acceptors (Lipinski definition) is 2. The Kier molecular flexibility index (Phi) is 2.93. The fourth-order valence-corrected chi connectivity index (χ4v) is 1.57. The molecule has 0 radical (unpaired) electrons. The SMILES string of the molecule is O=C1N(OC(F)(F)F)CCN1c1ccccc1. The van der Waals surface area contributed by atoms with Crippen molar-refractivity contribution in [3.05, 3.63) is 30.3 Å². The van der Waals surface area contributed by atoms with E-state index in [-0.39, 0.29) is 13.1 Å². The Morgan fingerprint density at radius 2 is 1.76 bits per heavy atom. The number of benzene rings is 1. The van der Waals surface area contributed by atoms with Gasteiger partial charge in [-0.3, -0.25) is 4.90 Å². The number of amides is 2. The summed E-state index contributed by atoms with van der Waals surface area (Å²) in [5.74, 6) is 0. The van der Waals surface area contributed by atoms with Gasteiger partial charge in [0.25, 0.3) is 0 Å². The third-order valence-electron chi connectivity index (χ3n) is 2.25. The minimum absolute atomic E-state index is 0.118. The van der Waals surface area contributed by atoms with Crippen LogP contribution in [0.15, 0.2) is 30.3 Å². The van der Waals surface area contributed by atoms with Crippen molar-refractivity contribution >= 4 is 11.7 Å². The van der Waals surface area contributed by atoms with Gasteiger partial charge in [-0.2, -0.15) is 9.90 Å². The minimum Gasteiger partial charge on any atom is -0.291 e. The van der Waals surface area contributed by atoms with Crippen molar-refractivity contribution in [1.29, 1.82) is 0 Å². The Balaban J connectivity index is 2.08. The molecule has 1 aliphatic heterocycles. The first-order chi connectivity index (χ1) is 7.97. The number of halogens is 3. The molecule has 1 aromatic carbocycles. The maximum atomic E-state index is 12.0. The number of alkyl halides is 3. The number of nitrogens with zero attached hydrogens (tertiary/aromatic N) is 2. The van der Waals surface area contributed by atoms with Crippen LogP contribution in [0.3, 0.4) is 0 Å². The molecule has 0 spiro atoms. The summed E-state index contributed by atoms with van der Waals surface area (Å²) in [6.45, 7) is 0.0478. The number of rotatable bonds is 2. The summed E-state index contributed by atoms with van der Waals surface area (Å²) < 4.78 is 35.9. The molecule has 0 bridgehead atoms. The van der Waals surface area contributed by atoms with Gasteiger partial charge in [-0.05, 0) is 12.1 Å². The Labute approximate surface area is 95.1 Å². The van der Waals surface area contributed by atoms with Crippen LogP contribution in [-0.4, -0.2) is 30.5 Å². The highest BCUT2D eigenvalue weighted by Gasteiger charge is 2.40. The van der Waals surface area contributed by atoms with Gasteiger partial charge in [-0.25, -0.2) is 4.79 Å². The molecule has 92 valence electrons. The zero-order valence-corrected chi connectivity index (χ0v) is 8.65. The smallest absolute Gasteiger partial charge is 0.291 e. The molecule has 1 saturated heterocycles. The van der Waals surface area contributed by atoms with Gasteiger partial charge in [-0.1, -0.05) is 18.2 Å². The van der Waals surface area contributed by atoms with Crippen LogP contribution in [0.25, 0.3) is 0 Å². The first kappa shape index (κ1) is 11.7. The molecule has 0 unspecified atom stereocenters. The third-order valence-corrected chi connectivity index (χ3v) is 2.25. The molecule has 0 aromatic heterocycles. The summed E-state index contributed by atoms with van der Waals surface area (Å²) in [5.41, 5.74) is 0.547. The Hall–Kier alpha value is -1.76. The molecule has 1 heterocycles. The number of para-hydroxylation sites is 1. The zero-order valence-electron chi connectivity index (χ0n) is 8.65. The molecule has 0 saturated carbocycles. The second-order valence-corrected chi connectivity index (χ2v) is 3.41. The van der Waals surface area contributed by atoms with Crippen molar-refractivity contribution < 1.29 is 22.8 Å². The molecular formula is C10H9F3N2O2. The van der Waals surface area contributed by atoms with E-state index in [9.17, 15) is 18.0 Å². The lowest BCUT2D eigenvalue weighted by molar-refractivity contribution is -0.395. The van der Waals surface area contributed by atoms with Crippen LogP contribution in [-0.2, 0) is 4.84 Å². The summed E-state index contributed by atoms with van der Waals surface area (Å²) >= 11 is 0. The average molecular weight is 246 g/mol. The predicted molar refractivity (Wildman–Crippen MR) is 53.0 cm³/mol. The number of carbonyl (C=O) groups excluding carboxylic acids is 1. The Bertz CT molecular complexity index is 408. The van der Waals surface area contributed by atoms with Crippen LogP contribution >= 0.6 is 0 Å². The predicted octanol–water partition coefficient (Wildman–Crippen LogP) is 2.38. The number of hydrogen-bond donors (Lipinski definition) is 0. The van der Waals surface area contributed by atoms with E-state index in [0.29, 0.717) is 10.8 Å². The molecule has 1 aromatic rings. The quantitative estimate of drug-likeness (QED) is 0.802. The molecule has 0 atom stereocenters. The van der Waals surface area contributed by atoms with Gasteiger partial charge in [0.05, 0.1) is 6.54 Å². The largest absolute Gasteiger partial charge is 0.544 e. The van der Waals surface area contributed by atoms with E-state index < -0.39 is 12.4 Å². The second kappa shape index (κ2) is 4.25. The summed E-state index contributed by atoms with van der Waals surface area (Å²) in [5, 5.41) is 0.312. The molecule has 4 nitrogen and oxygen atoms in total. The fourth-order valence-electron chi connectivity index (χ4n) is 1.57. The number of urea groups is 1. The van der Waals surface area contributed by atoms with Gasteiger partial charge in [0.15, 0.2) is 0 Å². The normalized spacial score (nSPS) is 16.8. The molecule has 2 amide bonds. The van der Waals surface area contributed by atoms with E-state index in [1.54, 1.807) is 30.3 Å². The van der Waals surface area contributed by atoms with Crippen LogP contribution in [0.2, 0.25) is 0 Å². The van der Waals surface area contributed by atoms with Gasteiger partial charge in [0, 0.05) is 12.2 Å². The summed E-state index contributed by atoms with van der Waals surface area (Å²) in [7, 11) is 0. The maximum Gasteiger partial charge on any atom is 0.544 e. The summed E-state index contributed by atoms with van der Waals surface area (Å²) in [4.78, 5) is 16.4. The fraction of sp³-hybridized carbons (Fsp3) is 0.300. The Morgan fingerprint density at radius 1 is 1.12 bits per heavy atom. The third kappa shape index (κ3) is 2.68. The van der Waals surface area contributed by atoms with Gasteiger partial charge in [-0.15, -0.1) is 13.2 Å².